The van der Waals surface area contributed by atoms with Gasteiger partial charge in [-0.15, -0.1) is 0 Å². The van der Waals surface area contributed by atoms with Crippen LogP contribution in [0.25, 0.3) is 0 Å². The van der Waals surface area contributed by atoms with Crippen LogP contribution in [-0.4, -0.2) is 29.8 Å². The highest BCUT2D eigenvalue weighted by molar-refractivity contribution is 5.68. The van der Waals surface area contributed by atoms with Crippen molar-refractivity contribution in [3.63, 3.8) is 0 Å². The Bertz CT molecular complexity index is 561. The van der Waals surface area contributed by atoms with Crippen molar-refractivity contribution < 1.29 is 13.9 Å². The Kier molecular flexibility index (Phi) is 4.32. The monoisotopic (exact) mass is 320 g/mol. The summed E-state index contributed by atoms with van der Waals surface area (Å²) in [7, 11) is 0. The first kappa shape index (κ1) is 16.2. The number of ether oxygens (including phenoxy) is 1. The minimum Gasteiger partial charge on any atom is -0.444 e. The van der Waals surface area contributed by atoms with E-state index in [0.29, 0.717) is 18.0 Å². The summed E-state index contributed by atoms with van der Waals surface area (Å²) >= 11 is 0. The zero-order valence-electron chi connectivity index (χ0n) is 13.9. The normalized spacial score (nSPS) is 29.6. The van der Waals surface area contributed by atoms with Gasteiger partial charge < -0.3 is 15.4 Å². The maximum Gasteiger partial charge on any atom is 0.407 e. The summed E-state index contributed by atoms with van der Waals surface area (Å²) < 4.78 is 18.2. The van der Waals surface area contributed by atoms with Crippen LogP contribution in [-0.2, 0) is 4.74 Å². The summed E-state index contributed by atoms with van der Waals surface area (Å²) in [5.41, 5.74) is 0.752. The van der Waals surface area contributed by atoms with E-state index < -0.39 is 5.60 Å². The number of halogens is 1. The van der Waals surface area contributed by atoms with Crippen LogP contribution in [0.4, 0.5) is 9.18 Å². The van der Waals surface area contributed by atoms with Crippen LogP contribution in [0.2, 0.25) is 0 Å². The molecule has 2 atom stereocenters. The summed E-state index contributed by atoms with van der Waals surface area (Å²) in [6.45, 7) is 5.58. The molecule has 3 rings (SSSR count). The lowest BCUT2D eigenvalue weighted by atomic mass is 9.76. The molecule has 4 nitrogen and oxygen atoms in total. The molecular formula is C18H25FN2O2. The highest BCUT2D eigenvalue weighted by atomic mass is 19.1. The van der Waals surface area contributed by atoms with Crippen molar-refractivity contribution in [3.8, 4) is 0 Å². The third-order valence-electron chi connectivity index (χ3n) is 4.42. The quantitative estimate of drug-likeness (QED) is 0.895. The maximum absolute atomic E-state index is 12.9. The second-order valence-corrected chi connectivity index (χ2v) is 7.68. The molecular weight excluding hydrogens is 295 g/mol. The highest BCUT2D eigenvalue weighted by Gasteiger charge is 2.42. The van der Waals surface area contributed by atoms with E-state index in [1.54, 1.807) is 0 Å². The first-order valence-electron chi connectivity index (χ1n) is 8.31. The van der Waals surface area contributed by atoms with Crippen molar-refractivity contribution in [1.29, 1.82) is 0 Å². The molecule has 1 aromatic carbocycles. The Labute approximate surface area is 136 Å². The SMILES string of the molecule is CC(C)(C)OC(=O)NC1CC1NC1CC(c2ccc(F)cc2)C1. The molecule has 0 radical (unpaired) electrons. The smallest absolute Gasteiger partial charge is 0.407 e. The molecule has 2 unspecified atom stereocenters. The van der Waals surface area contributed by atoms with Gasteiger partial charge in [-0.2, -0.15) is 0 Å². The molecule has 0 saturated heterocycles. The molecule has 2 aliphatic carbocycles. The Hall–Kier alpha value is -1.62. The molecule has 0 aromatic heterocycles. The topological polar surface area (TPSA) is 50.4 Å². The minimum absolute atomic E-state index is 0.176. The standard InChI is InChI=1S/C18H25FN2O2/c1-18(2,3)23-17(22)21-16-10-15(16)20-14-8-12(9-14)11-4-6-13(19)7-5-11/h4-7,12,14-16,20H,8-10H2,1-3H3,(H,21,22). The van der Waals surface area contributed by atoms with Gasteiger partial charge in [-0.25, -0.2) is 9.18 Å². The van der Waals surface area contributed by atoms with E-state index in [0.717, 1.165) is 19.3 Å². The molecule has 1 amide bonds. The fraction of sp³-hybridized carbons (Fsp3) is 0.611. The maximum atomic E-state index is 12.9. The average Bonchev–Trinajstić information content (AvgIpc) is 3.10. The van der Waals surface area contributed by atoms with Gasteiger partial charge in [0, 0.05) is 18.1 Å². The van der Waals surface area contributed by atoms with Gasteiger partial charge in [0.25, 0.3) is 0 Å². The van der Waals surface area contributed by atoms with Crippen LogP contribution < -0.4 is 10.6 Å². The van der Waals surface area contributed by atoms with Crippen molar-refractivity contribution in [2.45, 2.75) is 69.7 Å². The third kappa shape index (κ3) is 4.44. The Morgan fingerprint density at radius 2 is 1.78 bits per heavy atom. The van der Waals surface area contributed by atoms with Crippen LogP contribution in [0.5, 0.6) is 0 Å². The zero-order chi connectivity index (χ0) is 16.6. The van der Waals surface area contributed by atoms with E-state index in [1.165, 1.54) is 17.7 Å². The number of amides is 1. The van der Waals surface area contributed by atoms with E-state index in [-0.39, 0.29) is 18.0 Å². The lowest BCUT2D eigenvalue weighted by Gasteiger charge is -2.36. The van der Waals surface area contributed by atoms with Gasteiger partial charge in [-0.3, -0.25) is 0 Å². The van der Waals surface area contributed by atoms with Crippen molar-refractivity contribution in [1.82, 2.24) is 10.6 Å². The fourth-order valence-corrected chi connectivity index (χ4v) is 3.06. The van der Waals surface area contributed by atoms with Crippen LogP contribution in [0.15, 0.2) is 24.3 Å². The molecule has 2 aliphatic rings. The van der Waals surface area contributed by atoms with Gasteiger partial charge in [0.2, 0.25) is 0 Å². The number of carbonyl (C=O) groups is 1. The summed E-state index contributed by atoms with van der Waals surface area (Å²) in [4.78, 5) is 11.7. The Morgan fingerprint density at radius 3 is 2.39 bits per heavy atom. The van der Waals surface area contributed by atoms with Crippen molar-refractivity contribution in [3.05, 3.63) is 35.6 Å². The van der Waals surface area contributed by atoms with Crippen LogP contribution >= 0.6 is 0 Å². The highest BCUT2D eigenvalue weighted by Crippen LogP contribution is 2.38. The Morgan fingerprint density at radius 1 is 1.13 bits per heavy atom. The lowest BCUT2D eigenvalue weighted by Crippen LogP contribution is -2.44. The van der Waals surface area contributed by atoms with Crippen LogP contribution in [0.3, 0.4) is 0 Å². The molecule has 0 bridgehead atoms. The summed E-state index contributed by atoms with van der Waals surface area (Å²) in [6.07, 6.45) is 2.75. The van der Waals surface area contributed by atoms with Crippen molar-refractivity contribution >= 4 is 6.09 Å². The van der Waals surface area contributed by atoms with Gasteiger partial charge in [-0.1, -0.05) is 12.1 Å². The number of benzene rings is 1. The van der Waals surface area contributed by atoms with Crippen molar-refractivity contribution in [2.24, 2.45) is 0 Å². The Balaban J connectivity index is 1.36. The third-order valence-corrected chi connectivity index (χ3v) is 4.42. The van der Waals surface area contributed by atoms with E-state index in [1.807, 2.05) is 32.9 Å². The second kappa shape index (κ2) is 6.11. The minimum atomic E-state index is -0.460. The number of nitrogens with one attached hydrogen (secondary N) is 2. The molecule has 2 saturated carbocycles. The molecule has 2 fully saturated rings. The predicted octanol–water partition coefficient (Wildman–Crippen LogP) is 3.33. The van der Waals surface area contributed by atoms with Crippen LogP contribution in [0, 0.1) is 5.82 Å². The van der Waals surface area contributed by atoms with E-state index >= 15 is 0 Å². The van der Waals surface area contributed by atoms with Gasteiger partial charge in [0.1, 0.15) is 11.4 Å². The fourth-order valence-electron chi connectivity index (χ4n) is 3.06. The summed E-state index contributed by atoms with van der Waals surface area (Å²) in [5.74, 6) is 0.334. The van der Waals surface area contributed by atoms with E-state index in [2.05, 4.69) is 10.6 Å². The molecule has 0 aliphatic heterocycles. The first-order valence-corrected chi connectivity index (χ1v) is 8.31. The second-order valence-electron chi connectivity index (χ2n) is 7.68. The predicted molar refractivity (Wildman–Crippen MR) is 86.9 cm³/mol. The number of alkyl carbamates (subject to hydrolysis) is 1. The largest absolute Gasteiger partial charge is 0.444 e. The molecule has 126 valence electrons. The average molecular weight is 320 g/mol. The summed E-state index contributed by atoms with van der Waals surface area (Å²) in [5, 5.41) is 6.47. The molecule has 2 N–H and O–H groups in total. The van der Waals surface area contributed by atoms with E-state index in [4.69, 9.17) is 4.74 Å². The molecule has 0 spiro atoms. The number of hydrogen-bond donors (Lipinski definition) is 2. The molecule has 1 aromatic rings. The summed E-state index contributed by atoms with van der Waals surface area (Å²) in [6, 6.07) is 7.81. The number of rotatable bonds is 4. The zero-order valence-corrected chi connectivity index (χ0v) is 13.9. The molecule has 0 heterocycles. The van der Waals surface area contributed by atoms with Gasteiger partial charge in [0.05, 0.1) is 0 Å². The van der Waals surface area contributed by atoms with Crippen molar-refractivity contribution in [2.75, 3.05) is 0 Å². The lowest BCUT2D eigenvalue weighted by molar-refractivity contribution is 0.0521. The van der Waals surface area contributed by atoms with Crippen LogP contribution in [0.1, 0.15) is 51.5 Å². The molecule has 5 heteroatoms. The number of carbonyl (C=O) groups excluding carboxylic acids is 1. The van der Waals surface area contributed by atoms with E-state index in [9.17, 15) is 9.18 Å². The van der Waals surface area contributed by atoms with Gasteiger partial charge in [-0.05, 0) is 63.6 Å². The first-order chi connectivity index (χ1) is 10.8. The molecule has 23 heavy (non-hydrogen) atoms. The van der Waals surface area contributed by atoms with Gasteiger partial charge >= 0.3 is 6.09 Å². The van der Waals surface area contributed by atoms with Gasteiger partial charge in [0.15, 0.2) is 0 Å². The number of hydrogen-bond acceptors (Lipinski definition) is 3.